The fourth-order valence-electron chi connectivity index (χ4n) is 5.76. The first-order chi connectivity index (χ1) is 20.7. The molecule has 6 aromatic rings. The van der Waals surface area contributed by atoms with Crippen LogP contribution in [-0.4, -0.2) is 6.88 Å². The number of hydrogen-bond acceptors (Lipinski definition) is 0. The van der Waals surface area contributed by atoms with E-state index in [1.165, 1.54) is 95.8 Å². The molecule has 4 heteroatoms. The summed E-state index contributed by atoms with van der Waals surface area (Å²) in [7, 11) is 0. The van der Waals surface area contributed by atoms with Gasteiger partial charge in [-0.15, -0.1) is 93.9 Å². The van der Waals surface area contributed by atoms with Gasteiger partial charge in [0.15, 0.2) is 0 Å². The van der Waals surface area contributed by atoms with Gasteiger partial charge in [-0.25, -0.2) is 0 Å². The molecule has 0 bridgehead atoms. The quantitative estimate of drug-likeness (QED) is 0.117. The second kappa shape index (κ2) is 21.0. The first kappa shape index (κ1) is 44.8. The Hall–Kier alpha value is -2.22. The van der Waals surface area contributed by atoms with Gasteiger partial charge in [0.25, 0.3) is 0 Å². The van der Waals surface area contributed by atoms with Crippen LogP contribution in [0.25, 0.3) is 43.8 Å². The number of benzene rings is 4. The first-order valence-corrected chi connectivity index (χ1v) is 19.7. The second-order valence-corrected chi connectivity index (χ2v) is 12.3. The summed E-state index contributed by atoms with van der Waals surface area (Å²) in [5.74, 6) is 1.80. The molecule has 6 rings (SSSR count). The van der Waals surface area contributed by atoms with Crippen LogP contribution in [0.15, 0.2) is 109 Å². The van der Waals surface area contributed by atoms with Gasteiger partial charge in [0.1, 0.15) is 0 Å². The van der Waals surface area contributed by atoms with Crippen LogP contribution >= 0.6 is 24.8 Å². The molecule has 250 valence electrons. The zero-order chi connectivity index (χ0) is 31.1. The van der Waals surface area contributed by atoms with Gasteiger partial charge < -0.3 is 14.9 Å². The zero-order valence-electron chi connectivity index (χ0n) is 29.6. The van der Waals surface area contributed by atoms with Crippen molar-refractivity contribution < 1.29 is 23.3 Å². The molecule has 0 aliphatic carbocycles. The summed E-state index contributed by atoms with van der Waals surface area (Å²) in [6, 6.07) is 40.5. The van der Waals surface area contributed by atoms with Gasteiger partial charge in [-0.1, -0.05) is 127 Å². The molecule has 0 aliphatic rings. The van der Waals surface area contributed by atoms with Crippen molar-refractivity contribution in [3.63, 3.8) is 0 Å². The van der Waals surface area contributed by atoms with E-state index < -0.39 is 0 Å². The van der Waals surface area contributed by atoms with Gasteiger partial charge in [0.05, 0.1) is 0 Å². The van der Waals surface area contributed by atoms with E-state index in [9.17, 15) is 0 Å². The standard InChI is InChI=1S/C22H25.C19H19.2CH3.2ClH.Si.Zr/c1-5-16(4)20-13-19-7-6-8-21(22(19)14-20)18-11-9-17(10-12-18)15(2)3;1-13(2)15-7-9-16(10-8-15)18-6-4-5-17-11-14(3)12-19(17)18;;;;;;/h6-16H,5H2,1-4H3;4-13H,1-3H3;2*1H3;2*1H;;/q4*-1;;;;. The third-order valence-corrected chi connectivity index (χ3v) is 8.63. The molecule has 0 amide bonds. The summed E-state index contributed by atoms with van der Waals surface area (Å²) in [4.78, 5) is 0. The van der Waals surface area contributed by atoms with Crippen molar-refractivity contribution in [2.75, 3.05) is 0 Å². The Balaban J connectivity index is 0.000000797. The molecule has 2 radical (unpaired) electrons. The van der Waals surface area contributed by atoms with Crippen LogP contribution in [0.5, 0.6) is 0 Å². The predicted molar refractivity (Wildman–Crippen MR) is 215 cm³/mol. The van der Waals surface area contributed by atoms with Gasteiger partial charge in [-0.2, -0.15) is 12.1 Å². The monoisotopic (exact) mass is 756 g/mol. The Bertz CT molecular complexity index is 1760. The van der Waals surface area contributed by atoms with Crippen molar-refractivity contribution in [1.82, 2.24) is 0 Å². The third-order valence-electron chi connectivity index (χ3n) is 8.63. The van der Waals surface area contributed by atoms with Gasteiger partial charge in [0, 0.05) is 0 Å². The van der Waals surface area contributed by atoms with Crippen LogP contribution in [0.1, 0.15) is 88.0 Å². The molecular weight excluding hydrogens is 707 g/mol. The maximum absolute atomic E-state index is 3.06. The summed E-state index contributed by atoms with van der Waals surface area (Å²) in [5.41, 5.74) is 10.9. The van der Waals surface area contributed by atoms with E-state index in [4.69, 9.17) is 0 Å². The molecule has 0 saturated heterocycles. The van der Waals surface area contributed by atoms with E-state index in [1.54, 1.807) is 0 Å². The fourth-order valence-corrected chi connectivity index (χ4v) is 5.76. The minimum atomic E-state index is 0. The normalized spacial score (nSPS) is 10.7. The van der Waals surface area contributed by atoms with Crippen LogP contribution in [0.3, 0.4) is 0 Å². The molecular formula is C43H52Cl2SiZr-4. The SMILES string of the molecule is CCC(C)c1cc2c(-c3ccc(C(C)C)cc3)cccc2[cH-]1.Cc1cc2c(-c3ccc(C(C)C)cc3)cccc2[cH-]1.Cl.Cl.[CH3-].[CH3-].[Si]=[Zr]. The van der Waals surface area contributed by atoms with E-state index in [0.29, 0.717) is 17.8 Å². The van der Waals surface area contributed by atoms with Gasteiger partial charge in [-0.3, -0.25) is 0 Å². The number of halogens is 2. The molecule has 0 fully saturated rings. The van der Waals surface area contributed by atoms with Gasteiger partial charge in [-0.05, 0) is 40.0 Å². The van der Waals surface area contributed by atoms with Crippen LogP contribution < -0.4 is 0 Å². The van der Waals surface area contributed by atoms with E-state index >= 15 is 0 Å². The number of fused-ring (bicyclic) bond motifs is 2. The molecule has 1 atom stereocenters. The van der Waals surface area contributed by atoms with Crippen LogP contribution in [-0.2, 0) is 23.3 Å². The van der Waals surface area contributed by atoms with Crippen LogP contribution in [0.2, 0.25) is 0 Å². The van der Waals surface area contributed by atoms with Gasteiger partial charge >= 0.3 is 30.2 Å². The fraction of sp³-hybridized carbons (Fsp3) is 0.256. The summed E-state index contributed by atoms with van der Waals surface area (Å²) in [5, 5.41) is 5.44. The molecule has 0 aromatic heterocycles. The Morgan fingerprint density at radius 1 is 0.596 bits per heavy atom. The molecule has 0 saturated carbocycles. The summed E-state index contributed by atoms with van der Waals surface area (Å²) < 4.78 is 0. The zero-order valence-corrected chi connectivity index (χ0v) is 34.7. The number of hydrogen-bond donors (Lipinski definition) is 0. The predicted octanol–water partition coefficient (Wildman–Crippen LogP) is 13.9. The molecule has 6 aromatic carbocycles. The average molecular weight is 759 g/mol. The molecule has 0 heterocycles. The molecule has 0 spiro atoms. The van der Waals surface area contributed by atoms with Crippen LogP contribution in [0.4, 0.5) is 0 Å². The molecule has 1 unspecified atom stereocenters. The Morgan fingerprint density at radius 2 is 1.00 bits per heavy atom. The van der Waals surface area contributed by atoms with Crippen molar-refractivity contribution in [3.8, 4) is 22.3 Å². The van der Waals surface area contributed by atoms with Crippen molar-refractivity contribution >= 4 is 53.2 Å². The van der Waals surface area contributed by atoms with Gasteiger partial charge in [0.2, 0.25) is 0 Å². The molecule has 47 heavy (non-hydrogen) atoms. The summed E-state index contributed by atoms with van der Waals surface area (Å²) in [6.45, 7) is 18.7. The molecule has 0 aliphatic heterocycles. The van der Waals surface area contributed by atoms with E-state index in [2.05, 4.69) is 165 Å². The Labute approximate surface area is 315 Å². The van der Waals surface area contributed by atoms with Crippen LogP contribution in [0, 0.1) is 21.8 Å². The number of rotatable bonds is 6. The van der Waals surface area contributed by atoms with Crippen molar-refractivity contribution in [2.45, 2.75) is 72.6 Å². The number of aryl methyl sites for hydroxylation is 1. The Kier molecular flexibility index (Phi) is 20.0. The maximum atomic E-state index is 3.06. The first-order valence-electron chi connectivity index (χ1n) is 15.6. The third kappa shape index (κ3) is 10.9. The minimum absolute atomic E-state index is 0. The van der Waals surface area contributed by atoms with Crippen molar-refractivity contribution in [1.29, 1.82) is 0 Å². The summed E-state index contributed by atoms with van der Waals surface area (Å²) >= 11 is 1.36. The summed E-state index contributed by atoms with van der Waals surface area (Å²) in [6.07, 6.45) is 1.19. The average Bonchev–Trinajstić information content (AvgIpc) is 3.65. The topological polar surface area (TPSA) is 0 Å². The van der Waals surface area contributed by atoms with Crippen molar-refractivity contribution in [3.05, 3.63) is 146 Å². The van der Waals surface area contributed by atoms with E-state index in [1.807, 2.05) is 0 Å². The second-order valence-electron chi connectivity index (χ2n) is 12.3. The molecule has 0 N–H and O–H groups in total. The van der Waals surface area contributed by atoms with E-state index in [-0.39, 0.29) is 39.7 Å². The molecule has 0 nitrogen and oxygen atoms in total. The van der Waals surface area contributed by atoms with E-state index in [0.717, 1.165) is 0 Å². The Morgan fingerprint density at radius 3 is 1.40 bits per heavy atom. The van der Waals surface area contributed by atoms with Crippen molar-refractivity contribution in [2.24, 2.45) is 0 Å².